The number of ether oxygens (including phenoxy) is 1. The van der Waals surface area contributed by atoms with Gasteiger partial charge in [0.25, 0.3) is 0 Å². The van der Waals surface area contributed by atoms with Crippen molar-refractivity contribution in [3.8, 4) is 0 Å². The fraction of sp³-hybridized carbons (Fsp3) is 1.00. The van der Waals surface area contributed by atoms with Crippen LogP contribution in [0, 0.1) is 11.8 Å². The van der Waals surface area contributed by atoms with Crippen molar-refractivity contribution in [3.05, 3.63) is 0 Å². The molecule has 0 aromatic rings. The number of hydrogen-bond donors (Lipinski definition) is 1. The molecule has 3 aliphatic rings. The first-order valence-corrected chi connectivity index (χ1v) is 5.24. The Hall–Kier alpha value is -0.0800. The van der Waals surface area contributed by atoms with E-state index in [9.17, 15) is 5.11 Å². The molecule has 76 valence electrons. The molecular formula is C11H20O2. The molecule has 2 heteroatoms. The Morgan fingerprint density at radius 1 is 1.23 bits per heavy atom. The van der Waals surface area contributed by atoms with Crippen LogP contribution in [-0.2, 0) is 4.74 Å². The predicted molar refractivity (Wildman–Crippen MR) is 51.5 cm³/mol. The van der Waals surface area contributed by atoms with Gasteiger partial charge in [-0.3, -0.25) is 0 Å². The van der Waals surface area contributed by atoms with Crippen LogP contribution in [0.1, 0.15) is 40.5 Å². The molecule has 13 heavy (non-hydrogen) atoms. The Morgan fingerprint density at radius 2 is 1.85 bits per heavy atom. The summed E-state index contributed by atoms with van der Waals surface area (Å²) in [5.41, 5.74) is -0.348. The van der Waals surface area contributed by atoms with E-state index in [0.717, 1.165) is 6.42 Å². The molecule has 1 N–H and O–H groups in total. The summed E-state index contributed by atoms with van der Waals surface area (Å²) >= 11 is 0. The van der Waals surface area contributed by atoms with Gasteiger partial charge in [-0.05, 0) is 45.4 Å². The Bertz CT molecular complexity index is 210. The smallest absolute Gasteiger partial charge is 0.0945 e. The van der Waals surface area contributed by atoms with Crippen molar-refractivity contribution in [2.75, 3.05) is 0 Å². The van der Waals surface area contributed by atoms with Crippen LogP contribution in [0.2, 0.25) is 0 Å². The van der Waals surface area contributed by atoms with E-state index < -0.39 is 0 Å². The first-order chi connectivity index (χ1) is 5.86. The average molecular weight is 184 g/mol. The lowest BCUT2D eigenvalue weighted by atomic mass is 9.62. The first kappa shape index (κ1) is 9.47. The number of aliphatic hydroxyl groups is 1. The molecule has 1 aliphatic carbocycles. The van der Waals surface area contributed by atoms with Crippen molar-refractivity contribution in [3.63, 3.8) is 0 Å². The van der Waals surface area contributed by atoms with Gasteiger partial charge in [-0.2, -0.15) is 0 Å². The molecule has 0 spiro atoms. The Labute approximate surface area is 80.3 Å². The molecule has 0 aromatic heterocycles. The zero-order chi connectivity index (χ0) is 9.85. The Morgan fingerprint density at radius 3 is 2.31 bits per heavy atom. The van der Waals surface area contributed by atoms with E-state index in [1.165, 1.54) is 6.42 Å². The minimum atomic E-state index is -0.307. The van der Waals surface area contributed by atoms with Crippen molar-refractivity contribution >= 4 is 0 Å². The summed E-state index contributed by atoms with van der Waals surface area (Å²) in [5, 5.41) is 9.94. The predicted octanol–water partition coefficient (Wildman–Crippen LogP) is 1.96. The zero-order valence-corrected chi connectivity index (χ0v) is 9.00. The first-order valence-electron chi connectivity index (χ1n) is 5.24. The van der Waals surface area contributed by atoms with Crippen LogP contribution in [-0.4, -0.2) is 22.4 Å². The van der Waals surface area contributed by atoms with Gasteiger partial charge in [-0.1, -0.05) is 6.92 Å². The molecule has 4 unspecified atom stereocenters. The van der Waals surface area contributed by atoms with Gasteiger partial charge >= 0.3 is 0 Å². The highest BCUT2D eigenvalue weighted by Crippen LogP contribution is 2.52. The highest BCUT2D eigenvalue weighted by molar-refractivity contribution is 5.05. The van der Waals surface area contributed by atoms with Crippen LogP contribution in [0.4, 0.5) is 0 Å². The second-order valence-electron chi connectivity index (χ2n) is 5.47. The maximum absolute atomic E-state index is 9.94. The maximum Gasteiger partial charge on any atom is 0.0945 e. The SMILES string of the molecule is CC1CC2CC(O)C1(C)OC2(C)C. The van der Waals surface area contributed by atoms with E-state index in [0.29, 0.717) is 11.8 Å². The second-order valence-corrected chi connectivity index (χ2v) is 5.47. The molecule has 0 radical (unpaired) electrons. The van der Waals surface area contributed by atoms with Gasteiger partial charge in [0.1, 0.15) is 0 Å². The van der Waals surface area contributed by atoms with E-state index in [1.54, 1.807) is 0 Å². The number of fused-ring (bicyclic) bond motifs is 3. The Balaban J connectivity index is 2.32. The normalized spacial score (nSPS) is 53.8. The standard InChI is InChI=1S/C11H20O2/c1-7-5-8-6-9(12)11(7,4)13-10(8,2)3/h7-9,12H,5-6H2,1-4H3. The molecule has 0 aromatic carbocycles. The summed E-state index contributed by atoms with van der Waals surface area (Å²) in [5.74, 6) is 1.01. The number of aliphatic hydroxyl groups excluding tert-OH is 1. The molecule has 3 fully saturated rings. The van der Waals surface area contributed by atoms with Gasteiger partial charge < -0.3 is 9.84 Å². The summed E-state index contributed by atoms with van der Waals surface area (Å²) in [7, 11) is 0. The minimum Gasteiger partial charge on any atom is -0.390 e. The van der Waals surface area contributed by atoms with Crippen molar-refractivity contribution in [2.24, 2.45) is 11.8 Å². The van der Waals surface area contributed by atoms with E-state index in [-0.39, 0.29) is 17.3 Å². The van der Waals surface area contributed by atoms with Crippen LogP contribution >= 0.6 is 0 Å². The van der Waals surface area contributed by atoms with Gasteiger partial charge in [0.2, 0.25) is 0 Å². The molecule has 2 nitrogen and oxygen atoms in total. The van der Waals surface area contributed by atoms with E-state index in [1.807, 2.05) is 0 Å². The quantitative estimate of drug-likeness (QED) is 0.623. The number of rotatable bonds is 0. The summed E-state index contributed by atoms with van der Waals surface area (Å²) < 4.78 is 6.03. The van der Waals surface area contributed by atoms with E-state index in [4.69, 9.17) is 4.74 Å². The summed E-state index contributed by atoms with van der Waals surface area (Å²) in [6.45, 7) is 8.53. The average Bonchev–Trinajstić information content (AvgIpc) is 1.96. The van der Waals surface area contributed by atoms with Crippen LogP contribution in [0.25, 0.3) is 0 Å². The lowest BCUT2D eigenvalue weighted by Gasteiger charge is -2.59. The third-order valence-corrected chi connectivity index (χ3v) is 4.25. The van der Waals surface area contributed by atoms with Crippen molar-refractivity contribution < 1.29 is 9.84 Å². The molecule has 3 rings (SSSR count). The molecule has 2 saturated heterocycles. The molecule has 2 bridgehead atoms. The minimum absolute atomic E-state index is 0.0412. The zero-order valence-electron chi connectivity index (χ0n) is 9.00. The summed E-state index contributed by atoms with van der Waals surface area (Å²) in [6, 6.07) is 0. The van der Waals surface area contributed by atoms with Crippen LogP contribution in [0.15, 0.2) is 0 Å². The highest BCUT2D eigenvalue weighted by atomic mass is 16.5. The highest BCUT2D eigenvalue weighted by Gasteiger charge is 2.56. The van der Waals surface area contributed by atoms with Gasteiger partial charge in [0.15, 0.2) is 0 Å². The second kappa shape index (κ2) is 2.48. The van der Waals surface area contributed by atoms with Crippen molar-refractivity contribution in [2.45, 2.75) is 57.8 Å². The molecule has 2 aliphatic heterocycles. The molecule has 1 saturated carbocycles. The van der Waals surface area contributed by atoms with Crippen LogP contribution < -0.4 is 0 Å². The lowest BCUT2D eigenvalue weighted by molar-refractivity contribution is -0.295. The fourth-order valence-corrected chi connectivity index (χ4v) is 2.98. The van der Waals surface area contributed by atoms with Gasteiger partial charge in [0, 0.05) is 0 Å². The molecular weight excluding hydrogens is 164 g/mol. The largest absolute Gasteiger partial charge is 0.390 e. The fourth-order valence-electron chi connectivity index (χ4n) is 2.98. The van der Waals surface area contributed by atoms with Crippen molar-refractivity contribution in [1.82, 2.24) is 0 Å². The third kappa shape index (κ3) is 1.15. The Kier molecular flexibility index (Phi) is 1.81. The molecule has 2 heterocycles. The van der Waals surface area contributed by atoms with Crippen molar-refractivity contribution in [1.29, 1.82) is 0 Å². The molecule has 4 atom stereocenters. The maximum atomic E-state index is 9.94. The van der Waals surface area contributed by atoms with Crippen LogP contribution in [0.3, 0.4) is 0 Å². The van der Waals surface area contributed by atoms with Gasteiger partial charge in [0.05, 0.1) is 17.3 Å². The van der Waals surface area contributed by atoms with E-state index in [2.05, 4.69) is 27.7 Å². The third-order valence-electron chi connectivity index (χ3n) is 4.25. The summed E-state index contributed by atoms with van der Waals surface area (Å²) in [4.78, 5) is 0. The summed E-state index contributed by atoms with van der Waals surface area (Å²) in [6.07, 6.45) is 1.84. The lowest BCUT2D eigenvalue weighted by Crippen LogP contribution is -2.64. The molecule has 0 amide bonds. The van der Waals surface area contributed by atoms with Crippen LogP contribution in [0.5, 0.6) is 0 Å². The van der Waals surface area contributed by atoms with Gasteiger partial charge in [-0.15, -0.1) is 0 Å². The number of hydrogen-bond acceptors (Lipinski definition) is 2. The van der Waals surface area contributed by atoms with Gasteiger partial charge in [-0.25, -0.2) is 0 Å². The topological polar surface area (TPSA) is 29.5 Å². The monoisotopic (exact) mass is 184 g/mol. The van der Waals surface area contributed by atoms with E-state index >= 15 is 0 Å².